The van der Waals surface area contributed by atoms with Gasteiger partial charge in [0.05, 0.1) is 16.7 Å². The maximum absolute atomic E-state index is 10.3. The first-order valence-electron chi connectivity index (χ1n) is 8.48. The molecule has 0 saturated carbocycles. The maximum Gasteiger partial charge on any atom is 0.130 e. The van der Waals surface area contributed by atoms with Crippen molar-refractivity contribution in [2.24, 2.45) is 0 Å². The summed E-state index contributed by atoms with van der Waals surface area (Å²) in [6.45, 7) is 2.49. The summed E-state index contributed by atoms with van der Waals surface area (Å²) in [5, 5.41) is 14.7. The van der Waals surface area contributed by atoms with Gasteiger partial charge in [0.2, 0.25) is 0 Å². The van der Waals surface area contributed by atoms with Gasteiger partial charge in [-0.2, -0.15) is 0 Å². The highest BCUT2D eigenvalue weighted by Gasteiger charge is 2.09. The molecular formula is C21H19N3OS. The third kappa shape index (κ3) is 3.59. The second kappa shape index (κ2) is 7.23. The van der Waals surface area contributed by atoms with E-state index < -0.39 is 6.10 Å². The SMILES string of the molecule is Cc1ccc2sc(-c3cc(NCC(O)c4ccccc4)ncn3)cc2c1. The first-order chi connectivity index (χ1) is 12.7. The van der Waals surface area contributed by atoms with Crippen molar-refractivity contribution < 1.29 is 5.11 Å². The van der Waals surface area contributed by atoms with Crippen LogP contribution in [-0.4, -0.2) is 21.6 Å². The van der Waals surface area contributed by atoms with Crippen LogP contribution in [0.15, 0.2) is 67.0 Å². The molecule has 0 aliphatic carbocycles. The van der Waals surface area contributed by atoms with Crippen LogP contribution in [-0.2, 0) is 0 Å². The van der Waals surface area contributed by atoms with Gasteiger partial charge in [-0.15, -0.1) is 11.3 Å². The third-order valence-corrected chi connectivity index (χ3v) is 5.39. The summed E-state index contributed by atoms with van der Waals surface area (Å²) in [6.07, 6.45) is 0.976. The number of nitrogens with one attached hydrogen (secondary N) is 1. The minimum atomic E-state index is -0.582. The van der Waals surface area contributed by atoms with E-state index in [2.05, 4.69) is 46.5 Å². The Bertz CT molecular complexity index is 1030. The Morgan fingerprint density at radius 1 is 1.04 bits per heavy atom. The van der Waals surface area contributed by atoms with E-state index in [1.165, 1.54) is 15.6 Å². The number of hydrogen-bond acceptors (Lipinski definition) is 5. The van der Waals surface area contributed by atoms with E-state index in [0.717, 1.165) is 16.1 Å². The van der Waals surface area contributed by atoms with Crippen LogP contribution in [0, 0.1) is 6.92 Å². The number of aliphatic hydroxyl groups excluding tert-OH is 1. The van der Waals surface area contributed by atoms with Gasteiger partial charge in [0.1, 0.15) is 12.1 Å². The van der Waals surface area contributed by atoms with Gasteiger partial charge in [0.15, 0.2) is 0 Å². The molecule has 4 rings (SSSR count). The zero-order valence-electron chi connectivity index (χ0n) is 14.4. The standard InChI is InChI=1S/C21H19N3OS/c1-14-7-8-19-16(9-14)10-20(26-19)17-11-21(24-13-23-17)22-12-18(25)15-5-3-2-4-6-15/h2-11,13,18,25H,12H2,1H3,(H,22,23,24). The lowest BCUT2D eigenvalue weighted by Gasteiger charge is -2.12. The largest absolute Gasteiger partial charge is 0.387 e. The molecule has 0 bridgehead atoms. The number of fused-ring (bicyclic) bond motifs is 1. The van der Waals surface area contributed by atoms with E-state index in [1.54, 1.807) is 17.7 Å². The van der Waals surface area contributed by atoms with E-state index >= 15 is 0 Å². The lowest BCUT2D eigenvalue weighted by molar-refractivity contribution is 0.191. The topological polar surface area (TPSA) is 58.0 Å². The fraction of sp³-hybridized carbons (Fsp3) is 0.143. The molecule has 1 unspecified atom stereocenters. The van der Waals surface area contributed by atoms with Crippen molar-refractivity contribution in [1.82, 2.24) is 9.97 Å². The van der Waals surface area contributed by atoms with Crippen molar-refractivity contribution in [3.8, 4) is 10.6 Å². The van der Waals surface area contributed by atoms with Gasteiger partial charge in [-0.3, -0.25) is 0 Å². The average Bonchev–Trinajstić information content (AvgIpc) is 3.10. The first-order valence-corrected chi connectivity index (χ1v) is 9.30. The van der Waals surface area contributed by atoms with Crippen molar-refractivity contribution >= 4 is 27.2 Å². The molecule has 4 nitrogen and oxygen atoms in total. The molecule has 0 saturated heterocycles. The van der Waals surface area contributed by atoms with Crippen LogP contribution in [0.2, 0.25) is 0 Å². The molecule has 2 N–H and O–H groups in total. The molecule has 4 aromatic rings. The van der Waals surface area contributed by atoms with Gasteiger partial charge >= 0.3 is 0 Å². The Balaban J connectivity index is 1.52. The number of nitrogens with zero attached hydrogens (tertiary/aromatic N) is 2. The Kier molecular flexibility index (Phi) is 4.65. The number of aliphatic hydroxyl groups is 1. The first kappa shape index (κ1) is 16.7. The Morgan fingerprint density at radius 2 is 1.88 bits per heavy atom. The van der Waals surface area contributed by atoms with E-state index in [1.807, 2.05) is 36.4 Å². The summed E-state index contributed by atoms with van der Waals surface area (Å²) >= 11 is 1.72. The predicted molar refractivity (Wildman–Crippen MR) is 107 cm³/mol. The molecule has 26 heavy (non-hydrogen) atoms. The summed E-state index contributed by atoms with van der Waals surface area (Å²) in [4.78, 5) is 9.79. The third-order valence-electron chi connectivity index (χ3n) is 4.25. The van der Waals surface area contributed by atoms with Gasteiger partial charge in [0.25, 0.3) is 0 Å². The predicted octanol–water partition coefficient (Wildman–Crippen LogP) is 4.81. The molecule has 0 spiro atoms. The molecule has 0 aliphatic heterocycles. The molecule has 0 amide bonds. The Morgan fingerprint density at radius 3 is 2.73 bits per heavy atom. The summed E-state index contributed by atoms with van der Waals surface area (Å²) in [5.41, 5.74) is 3.02. The summed E-state index contributed by atoms with van der Waals surface area (Å²) in [7, 11) is 0. The molecule has 5 heteroatoms. The van der Waals surface area contributed by atoms with Crippen LogP contribution in [0.4, 0.5) is 5.82 Å². The summed E-state index contributed by atoms with van der Waals surface area (Å²) < 4.78 is 1.25. The minimum Gasteiger partial charge on any atom is -0.387 e. The van der Waals surface area contributed by atoms with Crippen molar-refractivity contribution in [3.05, 3.63) is 78.1 Å². The zero-order chi connectivity index (χ0) is 17.9. The van der Waals surface area contributed by atoms with Crippen molar-refractivity contribution in [1.29, 1.82) is 0 Å². The molecule has 1 atom stereocenters. The van der Waals surface area contributed by atoms with Crippen LogP contribution in [0.1, 0.15) is 17.2 Å². The van der Waals surface area contributed by atoms with Crippen molar-refractivity contribution in [2.45, 2.75) is 13.0 Å². The Hall–Kier alpha value is -2.76. The van der Waals surface area contributed by atoms with Crippen LogP contribution >= 0.6 is 11.3 Å². The highest BCUT2D eigenvalue weighted by Crippen LogP contribution is 2.33. The van der Waals surface area contributed by atoms with Crippen molar-refractivity contribution in [3.63, 3.8) is 0 Å². The second-order valence-corrected chi connectivity index (χ2v) is 7.33. The lowest BCUT2D eigenvalue weighted by atomic mass is 10.1. The number of rotatable bonds is 5. The van der Waals surface area contributed by atoms with E-state index in [-0.39, 0.29) is 0 Å². The number of anilines is 1. The highest BCUT2D eigenvalue weighted by molar-refractivity contribution is 7.22. The van der Waals surface area contributed by atoms with Gasteiger partial charge in [-0.05, 0) is 30.0 Å². The van der Waals surface area contributed by atoms with Crippen LogP contribution in [0.25, 0.3) is 20.7 Å². The molecule has 0 fully saturated rings. The number of aromatic nitrogens is 2. The maximum atomic E-state index is 10.3. The van der Waals surface area contributed by atoms with E-state index in [9.17, 15) is 5.11 Å². The molecule has 2 heterocycles. The second-order valence-electron chi connectivity index (χ2n) is 6.25. The van der Waals surface area contributed by atoms with Gasteiger partial charge in [-0.25, -0.2) is 9.97 Å². The minimum absolute atomic E-state index is 0.395. The molecular weight excluding hydrogens is 342 g/mol. The number of hydrogen-bond donors (Lipinski definition) is 2. The van der Waals surface area contributed by atoms with Gasteiger partial charge < -0.3 is 10.4 Å². The van der Waals surface area contributed by atoms with Crippen LogP contribution in [0.3, 0.4) is 0 Å². The molecule has 2 aromatic heterocycles. The fourth-order valence-corrected chi connectivity index (χ4v) is 3.88. The highest BCUT2D eigenvalue weighted by atomic mass is 32.1. The summed E-state index contributed by atoms with van der Waals surface area (Å²) in [6, 6.07) is 20.2. The van der Waals surface area contributed by atoms with Crippen LogP contribution < -0.4 is 5.32 Å². The zero-order valence-corrected chi connectivity index (χ0v) is 15.2. The number of thiophene rings is 1. The number of aryl methyl sites for hydroxylation is 1. The fourth-order valence-electron chi connectivity index (χ4n) is 2.87. The van der Waals surface area contributed by atoms with Crippen LogP contribution in [0.5, 0.6) is 0 Å². The van der Waals surface area contributed by atoms with E-state index in [4.69, 9.17) is 0 Å². The normalized spacial score (nSPS) is 12.2. The average molecular weight is 361 g/mol. The molecule has 0 radical (unpaired) electrons. The van der Waals surface area contributed by atoms with Gasteiger partial charge in [0, 0.05) is 17.3 Å². The van der Waals surface area contributed by atoms with E-state index in [0.29, 0.717) is 12.4 Å². The smallest absolute Gasteiger partial charge is 0.130 e. The molecule has 130 valence electrons. The lowest BCUT2D eigenvalue weighted by Crippen LogP contribution is -2.13. The monoisotopic (exact) mass is 361 g/mol. The molecule has 0 aliphatic rings. The number of benzene rings is 2. The van der Waals surface area contributed by atoms with Crippen molar-refractivity contribution in [2.75, 3.05) is 11.9 Å². The Labute approximate surface area is 156 Å². The van der Waals surface area contributed by atoms with Gasteiger partial charge in [-0.1, -0.05) is 48.0 Å². The summed E-state index contributed by atoms with van der Waals surface area (Å²) in [5.74, 6) is 0.707. The molecule has 2 aromatic carbocycles. The quantitative estimate of drug-likeness (QED) is 0.535.